The minimum Gasteiger partial charge on any atom is -0.452 e. The smallest absolute Gasteiger partial charge is 0.339 e. The van der Waals surface area contributed by atoms with Crippen molar-refractivity contribution in [3.05, 3.63) is 70.3 Å². The van der Waals surface area contributed by atoms with Crippen molar-refractivity contribution < 1.29 is 23.9 Å². The van der Waals surface area contributed by atoms with Crippen molar-refractivity contribution in [3.63, 3.8) is 0 Å². The lowest BCUT2D eigenvalue weighted by Gasteiger charge is -2.19. The SMILES string of the molecule is CCCCC[C@@H](C)NC(=O)COC(=O)c1cccc2c1C(=O)c1ccccc1C2=O. The van der Waals surface area contributed by atoms with Gasteiger partial charge >= 0.3 is 5.97 Å². The van der Waals surface area contributed by atoms with E-state index in [1.807, 2.05) is 6.92 Å². The lowest BCUT2D eigenvalue weighted by Crippen LogP contribution is -2.36. The summed E-state index contributed by atoms with van der Waals surface area (Å²) in [7, 11) is 0. The van der Waals surface area contributed by atoms with Crippen molar-refractivity contribution in [1.29, 1.82) is 0 Å². The molecule has 0 aliphatic heterocycles. The highest BCUT2D eigenvalue weighted by Gasteiger charge is 2.33. The number of fused-ring (bicyclic) bond motifs is 2. The molecule has 1 aliphatic rings. The molecule has 0 aromatic heterocycles. The van der Waals surface area contributed by atoms with E-state index in [1.165, 1.54) is 18.2 Å². The van der Waals surface area contributed by atoms with E-state index in [4.69, 9.17) is 4.74 Å². The van der Waals surface area contributed by atoms with Gasteiger partial charge in [0.2, 0.25) is 0 Å². The Labute approximate surface area is 175 Å². The van der Waals surface area contributed by atoms with Gasteiger partial charge in [-0.15, -0.1) is 0 Å². The summed E-state index contributed by atoms with van der Waals surface area (Å²) in [6.07, 6.45) is 4.08. The number of rotatable bonds is 8. The third kappa shape index (κ3) is 4.48. The van der Waals surface area contributed by atoms with Crippen molar-refractivity contribution in [2.45, 2.75) is 45.6 Å². The van der Waals surface area contributed by atoms with Crippen LogP contribution in [-0.2, 0) is 9.53 Å². The van der Waals surface area contributed by atoms with Gasteiger partial charge in [0, 0.05) is 28.3 Å². The number of ether oxygens (including phenoxy) is 1. The van der Waals surface area contributed by atoms with Crippen molar-refractivity contribution in [2.75, 3.05) is 6.61 Å². The fourth-order valence-corrected chi connectivity index (χ4v) is 3.61. The standard InChI is InChI=1S/C24H25NO5/c1-3-4-5-9-15(2)25-20(26)14-30-24(29)19-13-8-12-18-21(19)23(28)17-11-7-6-10-16(17)22(18)27/h6-8,10-13,15H,3-5,9,14H2,1-2H3,(H,25,26)/t15-/m1/s1. The molecule has 1 aliphatic carbocycles. The van der Waals surface area contributed by atoms with E-state index in [2.05, 4.69) is 12.2 Å². The van der Waals surface area contributed by atoms with Crippen LogP contribution in [0, 0.1) is 0 Å². The van der Waals surface area contributed by atoms with Crippen LogP contribution >= 0.6 is 0 Å². The Kier molecular flexibility index (Phi) is 6.77. The molecule has 156 valence electrons. The first kappa shape index (κ1) is 21.4. The zero-order chi connectivity index (χ0) is 21.7. The highest BCUT2D eigenvalue weighted by atomic mass is 16.5. The predicted molar refractivity (Wildman–Crippen MR) is 112 cm³/mol. The van der Waals surface area contributed by atoms with Crippen LogP contribution in [0.1, 0.15) is 81.7 Å². The molecular weight excluding hydrogens is 382 g/mol. The molecule has 0 saturated heterocycles. The molecule has 2 aromatic rings. The molecule has 0 heterocycles. The number of benzene rings is 2. The number of nitrogens with one attached hydrogen (secondary N) is 1. The van der Waals surface area contributed by atoms with Crippen LogP contribution < -0.4 is 5.32 Å². The van der Waals surface area contributed by atoms with Gasteiger partial charge in [0.25, 0.3) is 5.91 Å². The number of amides is 1. The van der Waals surface area contributed by atoms with Gasteiger partial charge in [-0.2, -0.15) is 0 Å². The average Bonchev–Trinajstić information content (AvgIpc) is 2.75. The maximum atomic E-state index is 12.9. The topological polar surface area (TPSA) is 89.5 Å². The Hall–Kier alpha value is -3.28. The molecule has 2 aromatic carbocycles. The number of ketones is 2. The third-order valence-electron chi connectivity index (χ3n) is 5.15. The van der Waals surface area contributed by atoms with Crippen molar-refractivity contribution in [1.82, 2.24) is 5.32 Å². The van der Waals surface area contributed by atoms with Gasteiger partial charge in [-0.3, -0.25) is 14.4 Å². The van der Waals surface area contributed by atoms with Crippen LogP contribution in [0.4, 0.5) is 0 Å². The summed E-state index contributed by atoms with van der Waals surface area (Å²) in [6, 6.07) is 11.0. The Balaban J connectivity index is 1.70. The first-order valence-electron chi connectivity index (χ1n) is 10.2. The van der Waals surface area contributed by atoms with E-state index in [-0.39, 0.29) is 34.1 Å². The summed E-state index contributed by atoms with van der Waals surface area (Å²) in [6.45, 7) is 3.58. The number of carbonyl (C=O) groups is 4. The summed E-state index contributed by atoms with van der Waals surface area (Å²) < 4.78 is 5.14. The lowest BCUT2D eigenvalue weighted by molar-refractivity contribution is -0.124. The Bertz CT molecular complexity index is 995. The summed E-state index contributed by atoms with van der Waals surface area (Å²) in [5, 5.41) is 2.80. The second kappa shape index (κ2) is 9.48. The molecule has 0 bridgehead atoms. The van der Waals surface area contributed by atoms with E-state index < -0.39 is 24.3 Å². The zero-order valence-corrected chi connectivity index (χ0v) is 17.2. The highest BCUT2D eigenvalue weighted by Crippen LogP contribution is 2.29. The minimum atomic E-state index is -0.804. The molecule has 0 spiro atoms. The number of hydrogen-bond acceptors (Lipinski definition) is 5. The quantitative estimate of drug-likeness (QED) is 0.454. The van der Waals surface area contributed by atoms with Gasteiger partial charge in [-0.25, -0.2) is 4.79 Å². The van der Waals surface area contributed by atoms with Crippen molar-refractivity contribution in [3.8, 4) is 0 Å². The fourth-order valence-electron chi connectivity index (χ4n) is 3.61. The summed E-state index contributed by atoms with van der Waals surface area (Å²) in [4.78, 5) is 50.4. The molecule has 6 heteroatoms. The van der Waals surface area contributed by atoms with Crippen LogP contribution in [0.3, 0.4) is 0 Å². The lowest BCUT2D eigenvalue weighted by atomic mass is 9.82. The van der Waals surface area contributed by atoms with Gasteiger partial charge in [-0.1, -0.05) is 62.6 Å². The first-order valence-corrected chi connectivity index (χ1v) is 10.2. The van der Waals surface area contributed by atoms with Crippen LogP contribution in [0.25, 0.3) is 0 Å². The van der Waals surface area contributed by atoms with Gasteiger partial charge in [0.15, 0.2) is 18.2 Å². The van der Waals surface area contributed by atoms with Crippen molar-refractivity contribution >= 4 is 23.4 Å². The largest absolute Gasteiger partial charge is 0.452 e. The van der Waals surface area contributed by atoms with E-state index in [9.17, 15) is 19.2 Å². The molecule has 1 atom stereocenters. The molecule has 0 fully saturated rings. The highest BCUT2D eigenvalue weighted by molar-refractivity contribution is 6.30. The maximum Gasteiger partial charge on any atom is 0.339 e. The molecule has 1 amide bonds. The van der Waals surface area contributed by atoms with E-state index in [0.717, 1.165) is 25.7 Å². The molecule has 0 saturated carbocycles. The molecular formula is C24H25NO5. The van der Waals surface area contributed by atoms with Gasteiger partial charge < -0.3 is 10.1 Å². The molecule has 30 heavy (non-hydrogen) atoms. The second-order valence-corrected chi connectivity index (χ2v) is 7.47. The average molecular weight is 407 g/mol. The number of esters is 1. The monoisotopic (exact) mass is 407 g/mol. The van der Waals surface area contributed by atoms with Gasteiger partial charge in [0.1, 0.15) is 0 Å². The van der Waals surface area contributed by atoms with Crippen LogP contribution in [0.5, 0.6) is 0 Å². The zero-order valence-electron chi connectivity index (χ0n) is 17.2. The third-order valence-corrected chi connectivity index (χ3v) is 5.15. The number of hydrogen-bond donors (Lipinski definition) is 1. The maximum absolute atomic E-state index is 12.9. The normalized spacial score (nSPS) is 13.3. The first-order chi connectivity index (χ1) is 14.4. The Morgan fingerprint density at radius 1 is 0.933 bits per heavy atom. The Morgan fingerprint density at radius 2 is 1.60 bits per heavy atom. The van der Waals surface area contributed by atoms with E-state index >= 15 is 0 Å². The van der Waals surface area contributed by atoms with Gasteiger partial charge in [-0.05, 0) is 19.4 Å². The summed E-state index contributed by atoms with van der Waals surface area (Å²) in [5.74, 6) is -1.92. The van der Waals surface area contributed by atoms with Crippen LogP contribution in [-0.4, -0.2) is 36.1 Å². The second-order valence-electron chi connectivity index (χ2n) is 7.47. The van der Waals surface area contributed by atoms with Crippen LogP contribution in [0.15, 0.2) is 42.5 Å². The molecule has 1 N–H and O–H groups in total. The molecule has 3 rings (SSSR count). The van der Waals surface area contributed by atoms with Crippen LogP contribution in [0.2, 0.25) is 0 Å². The summed E-state index contributed by atoms with van der Waals surface area (Å²) >= 11 is 0. The van der Waals surface area contributed by atoms with E-state index in [0.29, 0.717) is 5.56 Å². The van der Waals surface area contributed by atoms with Crippen molar-refractivity contribution in [2.24, 2.45) is 0 Å². The molecule has 0 unspecified atom stereocenters. The Morgan fingerprint density at radius 3 is 2.30 bits per heavy atom. The number of carbonyl (C=O) groups excluding carboxylic acids is 4. The fraction of sp³-hybridized carbons (Fsp3) is 0.333. The summed E-state index contributed by atoms with van der Waals surface area (Å²) in [5.41, 5.74) is 0.761. The van der Waals surface area contributed by atoms with E-state index in [1.54, 1.807) is 24.3 Å². The van der Waals surface area contributed by atoms with Gasteiger partial charge in [0.05, 0.1) is 5.56 Å². The molecule has 0 radical (unpaired) electrons. The predicted octanol–water partition coefficient (Wildman–Crippen LogP) is 3.70. The minimum absolute atomic E-state index is 0.0100. The number of unbranched alkanes of at least 4 members (excludes halogenated alkanes) is 2. The molecule has 6 nitrogen and oxygen atoms in total.